The summed E-state index contributed by atoms with van der Waals surface area (Å²) in [5.41, 5.74) is -0.985. The smallest absolute Gasteiger partial charge is 0.263 e. The topological polar surface area (TPSA) is 41.6 Å². The van der Waals surface area contributed by atoms with Gasteiger partial charge in [-0.1, -0.05) is 0 Å². The number of piperidine rings is 1. The molecule has 1 fully saturated rings. The third kappa shape index (κ3) is 4.43. The number of rotatable bonds is 4. The number of ether oxygens (including phenoxy) is 1. The van der Waals surface area contributed by atoms with Crippen LogP contribution in [0, 0.1) is 5.82 Å². The van der Waals surface area contributed by atoms with E-state index in [9.17, 15) is 9.18 Å². The van der Waals surface area contributed by atoms with E-state index in [0.29, 0.717) is 5.75 Å². The van der Waals surface area contributed by atoms with Gasteiger partial charge < -0.3 is 15.0 Å². The van der Waals surface area contributed by atoms with Gasteiger partial charge in [0.2, 0.25) is 0 Å². The zero-order valence-electron chi connectivity index (χ0n) is 12.9. The van der Waals surface area contributed by atoms with Crippen LogP contribution in [0.25, 0.3) is 0 Å². The van der Waals surface area contributed by atoms with Crippen LogP contribution < -0.4 is 10.1 Å². The zero-order chi connectivity index (χ0) is 15.5. The second kappa shape index (κ2) is 6.43. The Kier molecular flexibility index (Phi) is 4.83. The number of nitrogens with zero attached hydrogens (tertiary/aromatic N) is 1. The number of halogens is 1. The predicted molar refractivity (Wildman–Crippen MR) is 79.8 cm³/mol. The predicted octanol–water partition coefficient (Wildman–Crippen LogP) is 2.19. The Balaban J connectivity index is 1.91. The highest BCUT2D eigenvalue weighted by molar-refractivity contribution is 5.85. The molecule has 0 aliphatic carbocycles. The first-order valence-corrected chi connectivity index (χ1v) is 7.31. The summed E-state index contributed by atoms with van der Waals surface area (Å²) >= 11 is 0. The number of hydrogen-bond acceptors (Lipinski definition) is 3. The molecule has 1 saturated heterocycles. The van der Waals surface area contributed by atoms with Crippen molar-refractivity contribution in [3.8, 4) is 5.75 Å². The largest absolute Gasteiger partial charge is 0.478 e. The summed E-state index contributed by atoms with van der Waals surface area (Å²) in [7, 11) is 2.08. The van der Waals surface area contributed by atoms with E-state index in [4.69, 9.17) is 4.74 Å². The van der Waals surface area contributed by atoms with Crippen LogP contribution in [0.4, 0.5) is 4.39 Å². The molecule has 0 radical (unpaired) electrons. The van der Waals surface area contributed by atoms with Gasteiger partial charge in [0.25, 0.3) is 5.91 Å². The van der Waals surface area contributed by atoms with Crippen molar-refractivity contribution in [2.75, 3.05) is 20.1 Å². The van der Waals surface area contributed by atoms with Crippen LogP contribution >= 0.6 is 0 Å². The molecule has 0 atom stereocenters. The lowest BCUT2D eigenvalue weighted by molar-refractivity contribution is -0.135. The van der Waals surface area contributed by atoms with E-state index >= 15 is 0 Å². The van der Waals surface area contributed by atoms with Gasteiger partial charge in [-0.2, -0.15) is 0 Å². The van der Waals surface area contributed by atoms with E-state index in [0.717, 1.165) is 25.9 Å². The summed E-state index contributed by atoms with van der Waals surface area (Å²) in [6.07, 6.45) is 1.91. The Morgan fingerprint density at radius 1 is 1.29 bits per heavy atom. The van der Waals surface area contributed by atoms with Gasteiger partial charge in [0.05, 0.1) is 0 Å². The molecule has 0 saturated carbocycles. The maximum absolute atomic E-state index is 12.9. The van der Waals surface area contributed by atoms with Crippen LogP contribution in [0.2, 0.25) is 0 Å². The Labute approximate surface area is 125 Å². The van der Waals surface area contributed by atoms with Crippen molar-refractivity contribution in [2.45, 2.75) is 38.3 Å². The fourth-order valence-electron chi connectivity index (χ4n) is 2.36. The third-order valence-corrected chi connectivity index (χ3v) is 3.79. The molecule has 0 unspecified atom stereocenters. The molecule has 1 aliphatic heterocycles. The molecule has 1 heterocycles. The zero-order valence-corrected chi connectivity index (χ0v) is 12.9. The highest BCUT2D eigenvalue weighted by Gasteiger charge is 2.32. The molecule has 4 nitrogen and oxygen atoms in total. The molecule has 5 heteroatoms. The van der Waals surface area contributed by atoms with Gasteiger partial charge in [-0.15, -0.1) is 0 Å². The number of carbonyl (C=O) groups is 1. The first kappa shape index (κ1) is 15.8. The summed E-state index contributed by atoms with van der Waals surface area (Å²) in [5.74, 6) is 0.0252. The van der Waals surface area contributed by atoms with Crippen LogP contribution in [-0.2, 0) is 4.79 Å². The lowest BCUT2D eigenvalue weighted by Gasteiger charge is -2.32. The van der Waals surface area contributed by atoms with Crippen molar-refractivity contribution in [1.29, 1.82) is 0 Å². The maximum atomic E-state index is 12.9. The normalized spacial score (nSPS) is 17.5. The first-order chi connectivity index (χ1) is 9.87. The molecule has 1 N–H and O–H groups in total. The number of amides is 1. The summed E-state index contributed by atoms with van der Waals surface area (Å²) in [4.78, 5) is 14.6. The lowest BCUT2D eigenvalue weighted by Crippen LogP contribution is -2.52. The summed E-state index contributed by atoms with van der Waals surface area (Å²) in [5, 5.41) is 3.05. The second-order valence-electron chi connectivity index (χ2n) is 6.12. The van der Waals surface area contributed by atoms with Crippen LogP contribution in [0.15, 0.2) is 24.3 Å². The van der Waals surface area contributed by atoms with Gasteiger partial charge >= 0.3 is 0 Å². The van der Waals surface area contributed by atoms with Gasteiger partial charge in [-0.25, -0.2) is 4.39 Å². The van der Waals surface area contributed by atoms with Crippen molar-refractivity contribution >= 4 is 5.91 Å². The quantitative estimate of drug-likeness (QED) is 0.925. The number of carbonyl (C=O) groups excluding carboxylic acids is 1. The Hall–Kier alpha value is -1.62. The highest BCUT2D eigenvalue weighted by Crippen LogP contribution is 2.19. The van der Waals surface area contributed by atoms with Crippen molar-refractivity contribution < 1.29 is 13.9 Å². The van der Waals surface area contributed by atoms with E-state index in [-0.39, 0.29) is 17.8 Å². The Bertz CT molecular complexity index is 480. The second-order valence-corrected chi connectivity index (χ2v) is 6.12. The van der Waals surface area contributed by atoms with E-state index in [1.807, 2.05) is 0 Å². The van der Waals surface area contributed by atoms with Crippen molar-refractivity contribution in [3.05, 3.63) is 30.1 Å². The molecule has 1 aliphatic rings. The number of benzene rings is 1. The number of hydrogen-bond donors (Lipinski definition) is 1. The molecular weight excluding hydrogens is 271 g/mol. The SMILES string of the molecule is CN1CCC(NC(=O)C(C)(C)Oc2ccc(F)cc2)CC1. The number of likely N-dealkylation sites (tertiary alicyclic amines) is 1. The van der Waals surface area contributed by atoms with Gasteiger partial charge in [0, 0.05) is 6.04 Å². The average molecular weight is 294 g/mol. The van der Waals surface area contributed by atoms with Gasteiger partial charge in [0.15, 0.2) is 5.60 Å². The van der Waals surface area contributed by atoms with Crippen LogP contribution in [0.1, 0.15) is 26.7 Å². The van der Waals surface area contributed by atoms with Gasteiger partial charge in [-0.3, -0.25) is 4.79 Å². The molecule has 1 amide bonds. The standard InChI is InChI=1S/C16H23FN2O2/c1-16(2,21-14-6-4-12(17)5-7-14)15(20)18-13-8-10-19(3)11-9-13/h4-7,13H,8-11H2,1-3H3,(H,18,20). The fraction of sp³-hybridized carbons (Fsp3) is 0.562. The van der Waals surface area contributed by atoms with Crippen molar-refractivity contribution in [1.82, 2.24) is 10.2 Å². The molecular formula is C16H23FN2O2. The van der Waals surface area contributed by atoms with E-state index in [1.165, 1.54) is 24.3 Å². The molecule has 1 aromatic carbocycles. The summed E-state index contributed by atoms with van der Waals surface area (Å²) in [6.45, 7) is 5.43. The minimum atomic E-state index is -0.985. The first-order valence-electron chi connectivity index (χ1n) is 7.31. The van der Waals surface area contributed by atoms with Crippen molar-refractivity contribution in [3.63, 3.8) is 0 Å². The number of nitrogens with one attached hydrogen (secondary N) is 1. The highest BCUT2D eigenvalue weighted by atomic mass is 19.1. The van der Waals surface area contributed by atoms with Gasteiger partial charge in [0.1, 0.15) is 11.6 Å². The average Bonchev–Trinajstić information content (AvgIpc) is 2.43. The molecule has 0 aromatic heterocycles. The Morgan fingerprint density at radius 3 is 2.43 bits per heavy atom. The Morgan fingerprint density at radius 2 is 1.86 bits per heavy atom. The minimum Gasteiger partial charge on any atom is -0.478 e. The van der Waals surface area contributed by atoms with E-state index < -0.39 is 5.60 Å². The van der Waals surface area contributed by atoms with Crippen LogP contribution in [0.3, 0.4) is 0 Å². The molecule has 2 rings (SSSR count). The van der Waals surface area contributed by atoms with E-state index in [2.05, 4.69) is 17.3 Å². The minimum absolute atomic E-state index is 0.138. The molecule has 1 aromatic rings. The van der Waals surface area contributed by atoms with E-state index in [1.54, 1.807) is 13.8 Å². The third-order valence-electron chi connectivity index (χ3n) is 3.79. The lowest BCUT2D eigenvalue weighted by atomic mass is 10.0. The molecule has 21 heavy (non-hydrogen) atoms. The molecule has 0 bridgehead atoms. The summed E-state index contributed by atoms with van der Waals surface area (Å²) in [6, 6.07) is 5.89. The van der Waals surface area contributed by atoms with Crippen LogP contribution in [-0.4, -0.2) is 42.6 Å². The summed E-state index contributed by atoms with van der Waals surface area (Å²) < 4.78 is 18.6. The molecule has 116 valence electrons. The van der Waals surface area contributed by atoms with Crippen LogP contribution in [0.5, 0.6) is 5.75 Å². The fourth-order valence-corrected chi connectivity index (χ4v) is 2.36. The monoisotopic (exact) mass is 294 g/mol. The molecule has 0 spiro atoms. The van der Waals surface area contributed by atoms with Gasteiger partial charge in [-0.05, 0) is 71.1 Å². The van der Waals surface area contributed by atoms with Crippen molar-refractivity contribution in [2.24, 2.45) is 0 Å². The maximum Gasteiger partial charge on any atom is 0.263 e.